The van der Waals surface area contributed by atoms with Gasteiger partial charge in [0, 0.05) is 24.9 Å². The first-order valence-electron chi connectivity index (χ1n) is 6.40. The summed E-state index contributed by atoms with van der Waals surface area (Å²) in [6, 6.07) is 0. The second-order valence-corrected chi connectivity index (χ2v) is 4.72. The molecule has 0 saturated heterocycles. The van der Waals surface area contributed by atoms with Gasteiger partial charge in [0.1, 0.15) is 0 Å². The summed E-state index contributed by atoms with van der Waals surface area (Å²) in [6.07, 6.45) is 2.61. The molecule has 104 valence electrons. The average Bonchev–Trinajstić information content (AvgIpc) is 2.38. The summed E-state index contributed by atoms with van der Waals surface area (Å²) < 4.78 is 0. The predicted octanol–water partition coefficient (Wildman–Crippen LogP) is -0.909. The normalized spacial score (nSPS) is 23.7. The van der Waals surface area contributed by atoms with Crippen molar-refractivity contribution < 1.29 is 19.8 Å². The Bertz CT molecular complexity index is 282. The summed E-state index contributed by atoms with van der Waals surface area (Å²) in [5.74, 6) is -0.554. The molecule has 0 radical (unpaired) electrons. The van der Waals surface area contributed by atoms with Crippen LogP contribution in [0.2, 0.25) is 0 Å². The quantitative estimate of drug-likeness (QED) is 0.574. The maximum atomic E-state index is 12.1. The fraction of sp³-hybridized carbons (Fsp3) is 0.833. The van der Waals surface area contributed by atoms with Gasteiger partial charge in [0.25, 0.3) is 0 Å². The Kier molecular flexibility index (Phi) is 6.07. The lowest BCUT2D eigenvalue weighted by Gasteiger charge is -2.30. The van der Waals surface area contributed by atoms with Crippen molar-refractivity contribution in [2.75, 3.05) is 26.3 Å². The number of amides is 2. The number of nitrogens with two attached hydrogens (primary N) is 1. The topological polar surface area (TPSA) is 104 Å². The van der Waals surface area contributed by atoms with Gasteiger partial charge >= 0.3 is 0 Å². The van der Waals surface area contributed by atoms with Crippen LogP contribution in [0.4, 0.5) is 0 Å². The van der Waals surface area contributed by atoms with Crippen molar-refractivity contribution >= 4 is 11.8 Å². The zero-order valence-corrected chi connectivity index (χ0v) is 10.5. The van der Waals surface area contributed by atoms with E-state index in [1.165, 1.54) is 4.90 Å². The molecule has 1 saturated carbocycles. The zero-order valence-electron chi connectivity index (χ0n) is 10.5. The summed E-state index contributed by atoms with van der Waals surface area (Å²) in [5, 5.41) is 17.8. The molecule has 0 atom stereocenters. The highest BCUT2D eigenvalue weighted by Crippen LogP contribution is 2.29. The van der Waals surface area contributed by atoms with E-state index in [0.29, 0.717) is 25.7 Å². The molecule has 0 aromatic rings. The van der Waals surface area contributed by atoms with E-state index >= 15 is 0 Å². The third kappa shape index (κ3) is 3.96. The first-order valence-corrected chi connectivity index (χ1v) is 6.40. The predicted molar refractivity (Wildman–Crippen MR) is 65.4 cm³/mol. The lowest BCUT2D eigenvalue weighted by Crippen LogP contribution is -2.41. The third-order valence-electron chi connectivity index (χ3n) is 3.53. The molecule has 2 amide bonds. The van der Waals surface area contributed by atoms with E-state index < -0.39 is 0 Å². The Morgan fingerprint density at radius 3 is 1.83 bits per heavy atom. The van der Waals surface area contributed by atoms with Gasteiger partial charge in [0.2, 0.25) is 11.8 Å². The number of aliphatic hydroxyl groups is 2. The van der Waals surface area contributed by atoms with Gasteiger partial charge in [-0.1, -0.05) is 0 Å². The molecular weight excluding hydrogens is 236 g/mol. The number of carbonyl (C=O) groups is 2. The number of hydrogen-bond donors (Lipinski definition) is 3. The smallest absolute Gasteiger partial charge is 0.225 e. The highest BCUT2D eigenvalue weighted by Gasteiger charge is 2.30. The van der Waals surface area contributed by atoms with Gasteiger partial charge in [0.15, 0.2) is 0 Å². The SMILES string of the molecule is NC(=O)[C@H]1CC[C@H](C(=O)N(CCO)CCO)CC1. The lowest BCUT2D eigenvalue weighted by atomic mass is 9.81. The van der Waals surface area contributed by atoms with Crippen LogP contribution in [0.1, 0.15) is 25.7 Å². The second-order valence-electron chi connectivity index (χ2n) is 4.72. The van der Waals surface area contributed by atoms with Crippen molar-refractivity contribution in [1.82, 2.24) is 4.90 Å². The van der Waals surface area contributed by atoms with E-state index in [9.17, 15) is 9.59 Å². The molecule has 6 heteroatoms. The minimum absolute atomic E-state index is 0.0407. The standard InChI is InChI=1S/C12H22N2O4/c13-11(17)9-1-3-10(4-2-9)12(18)14(5-7-15)6-8-16/h9-10,15-16H,1-8H2,(H2,13,17)/t9-,10-. The maximum absolute atomic E-state index is 12.1. The van der Waals surface area contributed by atoms with E-state index in [-0.39, 0.29) is 50.0 Å². The number of aliphatic hydroxyl groups excluding tert-OH is 2. The molecular formula is C12H22N2O4. The van der Waals surface area contributed by atoms with E-state index in [1.54, 1.807) is 0 Å². The third-order valence-corrected chi connectivity index (χ3v) is 3.53. The Morgan fingerprint density at radius 2 is 1.44 bits per heavy atom. The summed E-state index contributed by atoms with van der Waals surface area (Å²) >= 11 is 0. The fourth-order valence-corrected chi connectivity index (χ4v) is 2.46. The van der Waals surface area contributed by atoms with E-state index in [0.717, 1.165) is 0 Å². The minimum Gasteiger partial charge on any atom is -0.395 e. The van der Waals surface area contributed by atoms with Crippen LogP contribution in [0.25, 0.3) is 0 Å². The minimum atomic E-state index is -0.288. The number of rotatable bonds is 6. The Labute approximate surface area is 107 Å². The van der Waals surface area contributed by atoms with Crippen molar-refractivity contribution in [3.8, 4) is 0 Å². The van der Waals surface area contributed by atoms with Gasteiger partial charge in [-0.2, -0.15) is 0 Å². The Balaban J connectivity index is 2.49. The van der Waals surface area contributed by atoms with Gasteiger partial charge in [0.05, 0.1) is 13.2 Å². The Morgan fingerprint density at radius 1 is 1.00 bits per heavy atom. The molecule has 1 fully saturated rings. The zero-order chi connectivity index (χ0) is 13.5. The van der Waals surface area contributed by atoms with Gasteiger partial charge in [-0.15, -0.1) is 0 Å². The molecule has 1 aliphatic rings. The molecule has 0 aromatic carbocycles. The molecule has 6 nitrogen and oxygen atoms in total. The number of primary amides is 1. The second kappa shape index (κ2) is 7.33. The van der Waals surface area contributed by atoms with Gasteiger partial charge in [-0.3, -0.25) is 9.59 Å². The maximum Gasteiger partial charge on any atom is 0.225 e. The summed E-state index contributed by atoms with van der Waals surface area (Å²) in [5.41, 5.74) is 5.24. The van der Waals surface area contributed by atoms with Gasteiger partial charge in [-0.25, -0.2) is 0 Å². The van der Waals surface area contributed by atoms with Gasteiger partial charge < -0.3 is 20.8 Å². The van der Waals surface area contributed by atoms with Crippen LogP contribution in [0.15, 0.2) is 0 Å². The van der Waals surface area contributed by atoms with Crippen molar-refractivity contribution in [1.29, 1.82) is 0 Å². The van der Waals surface area contributed by atoms with Crippen LogP contribution in [-0.2, 0) is 9.59 Å². The van der Waals surface area contributed by atoms with Crippen molar-refractivity contribution in [2.45, 2.75) is 25.7 Å². The molecule has 4 N–H and O–H groups in total. The number of carbonyl (C=O) groups excluding carboxylic acids is 2. The van der Waals surface area contributed by atoms with E-state index in [4.69, 9.17) is 15.9 Å². The number of hydrogen-bond acceptors (Lipinski definition) is 4. The van der Waals surface area contributed by atoms with Gasteiger partial charge in [-0.05, 0) is 25.7 Å². The fourth-order valence-electron chi connectivity index (χ4n) is 2.46. The summed E-state index contributed by atoms with van der Waals surface area (Å²) in [7, 11) is 0. The summed E-state index contributed by atoms with van der Waals surface area (Å²) in [6.45, 7) is 0.273. The van der Waals surface area contributed by atoms with Crippen LogP contribution >= 0.6 is 0 Å². The molecule has 1 rings (SSSR count). The molecule has 0 aliphatic heterocycles. The molecule has 0 bridgehead atoms. The van der Waals surface area contributed by atoms with Crippen LogP contribution in [0, 0.1) is 11.8 Å². The number of nitrogens with zero attached hydrogens (tertiary/aromatic N) is 1. The van der Waals surface area contributed by atoms with Crippen LogP contribution < -0.4 is 5.73 Å². The van der Waals surface area contributed by atoms with Crippen LogP contribution in [0.3, 0.4) is 0 Å². The van der Waals surface area contributed by atoms with Crippen molar-refractivity contribution in [3.05, 3.63) is 0 Å². The molecule has 1 aliphatic carbocycles. The van der Waals surface area contributed by atoms with Crippen molar-refractivity contribution in [2.24, 2.45) is 17.6 Å². The highest BCUT2D eigenvalue weighted by molar-refractivity contribution is 5.80. The first-order chi connectivity index (χ1) is 8.60. The molecule has 0 heterocycles. The van der Waals surface area contributed by atoms with E-state index in [1.807, 2.05) is 0 Å². The molecule has 0 unspecified atom stereocenters. The molecule has 0 spiro atoms. The molecule has 0 aromatic heterocycles. The monoisotopic (exact) mass is 258 g/mol. The summed E-state index contributed by atoms with van der Waals surface area (Å²) in [4.78, 5) is 24.7. The average molecular weight is 258 g/mol. The van der Waals surface area contributed by atoms with E-state index in [2.05, 4.69) is 0 Å². The van der Waals surface area contributed by atoms with Crippen LogP contribution in [0.5, 0.6) is 0 Å². The highest BCUT2D eigenvalue weighted by atomic mass is 16.3. The van der Waals surface area contributed by atoms with Crippen LogP contribution in [-0.4, -0.2) is 53.2 Å². The lowest BCUT2D eigenvalue weighted by molar-refractivity contribution is -0.139. The van der Waals surface area contributed by atoms with Crippen molar-refractivity contribution in [3.63, 3.8) is 0 Å². The first kappa shape index (κ1) is 14.9. The molecule has 18 heavy (non-hydrogen) atoms. The Hall–Kier alpha value is -1.14. The largest absolute Gasteiger partial charge is 0.395 e.